The number of amides is 2. The van der Waals surface area contributed by atoms with Crippen LogP contribution in [0.2, 0.25) is 15.2 Å². The number of pyridine rings is 2. The zero-order chi connectivity index (χ0) is 37.1. The number of hydrogen-bond acceptors (Lipinski definition) is 8. The smallest absolute Gasteiger partial charge is 0.417 e. The van der Waals surface area contributed by atoms with E-state index in [9.17, 15) is 35.9 Å². The highest BCUT2D eigenvalue weighted by Gasteiger charge is 2.38. The number of phenols is 1. The number of nitrogens with zero attached hydrogens (tertiary/aromatic N) is 4. The van der Waals surface area contributed by atoms with Crippen molar-refractivity contribution in [3.05, 3.63) is 111 Å². The van der Waals surface area contributed by atoms with Crippen molar-refractivity contribution in [1.29, 1.82) is 0 Å². The summed E-state index contributed by atoms with van der Waals surface area (Å²) in [5.74, 6) is -1.73. The Bertz CT molecular complexity index is 1690. The van der Waals surface area contributed by atoms with Crippen LogP contribution in [0.25, 0.3) is 0 Å². The topological polar surface area (TPSA) is 114 Å². The Hall–Kier alpha value is -4.35. The Morgan fingerprint density at radius 1 is 0.694 bits per heavy atom. The van der Waals surface area contributed by atoms with Gasteiger partial charge in [-0.2, -0.15) is 26.3 Å². The second-order valence-electron chi connectivity index (χ2n) is 9.12. The van der Waals surface area contributed by atoms with Crippen molar-refractivity contribution in [2.75, 3.05) is 28.3 Å². The van der Waals surface area contributed by atoms with E-state index in [1.165, 1.54) is 38.4 Å². The Labute approximate surface area is 290 Å². The standard InChI is InChI=1S/C15H12ClF3N2O3.C9H8ClF3N2O2.C6H5ClO/c1-21(23-2)14(22)11-8-20-13(7-12(11)15(17,18)19)24-10-5-3-9(16)4-6-10;1-15(17-2)8(16)5-4-14-7(10)3-6(5)9(11,12)13;7-5-1-3-6(8)4-2-5/h3-8H,1-2H3;3-4H,1-2H3;1-4,8H. The lowest BCUT2D eigenvalue weighted by molar-refractivity contribution is -0.139. The van der Waals surface area contributed by atoms with E-state index in [0.717, 1.165) is 26.6 Å². The quantitative estimate of drug-likeness (QED) is 0.118. The van der Waals surface area contributed by atoms with E-state index in [-0.39, 0.29) is 22.5 Å². The molecule has 0 aliphatic carbocycles. The largest absolute Gasteiger partial charge is 0.508 e. The molecular weight excluding hydrogens is 733 g/mol. The number of halogens is 9. The molecule has 264 valence electrons. The van der Waals surface area contributed by atoms with E-state index in [2.05, 4.69) is 19.6 Å². The normalized spacial score (nSPS) is 11.0. The third-order valence-corrected chi connectivity index (χ3v) is 6.51. The summed E-state index contributed by atoms with van der Waals surface area (Å²) in [6.07, 6.45) is -7.89. The van der Waals surface area contributed by atoms with Gasteiger partial charge < -0.3 is 9.84 Å². The molecule has 2 aromatic heterocycles. The summed E-state index contributed by atoms with van der Waals surface area (Å²) in [5.41, 5.74) is -3.58. The molecule has 0 aliphatic rings. The van der Waals surface area contributed by atoms with Crippen molar-refractivity contribution < 1.29 is 55.5 Å². The van der Waals surface area contributed by atoms with Gasteiger partial charge in [0.2, 0.25) is 5.88 Å². The Morgan fingerprint density at radius 2 is 1.10 bits per heavy atom. The first-order valence-corrected chi connectivity index (χ1v) is 14.2. The van der Waals surface area contributed by atoms with Gasteiger partial charge in [-0.25, -0.2) is 20.1 Å². The van der Waals surface area contributed by atoms with E-state index >= 15 is 0 Å². The fourth-order valence-corrected chi connectivity index (χ4v) is 3.71. The maximum absolute atomic E-state index is 13.2. The molecule has 2 aromatic carbocycles. The Morgan fingerprint density at radius 3 is 1.51 bits per heavy atom. The predicted molar refractivity (Wildman–Crippen MR) is 166 cm³/mol. The van der Waals surface area contributed by atoms with Gasteiger partial charge in [-0.15, -0.1) is 0 Å². The van der Waals surface area contributed by atoms with Gasteiger partial charge in [0.05, 0.1) is 36.5 Å². The number of aromatic hydroxyl groups is 1. The fraction of sp³-hybridized carbons (Fsp3) is 0.200. The van der Waals surface area contributed by atoms with Gasteiger partial charge in [-0.1, -0.05) is 34.8 Å². The molecule has 4 rings (SSSR count). The van der Waals surface area contributed by atoms with Crippen LogP contribution >= 0.6 is 34.8 Å². The van der Waals surface area contributed by atoms with E-state index in [1.807, 2.05) is 0 Å². The van der Waals surface area contributed by atoms with Crippen LogP contribution in [0, 0.1) is 0 Å². The number of carbonyl (C=O) groups is 2. The summed E-state index contributed by atoms with van der Waals surface area (Å²) in [4.78, 5) is 39.9. The van der Waals surface area contributed by atoms with Crippen molar-refractivity contribution in [2.24, 2.45) is 0 Å². The second kappa shape index (κ2) is 17.9. The number of carbonyl (C=O) groups excluding carboxylic acids is 2. The van der Waals surface area contributed by atoms with Crippen LogP contribution in [0.15, 0.2) is 73.1 Å². The number of alkyl halides is 6. The molecule has 4 aromatic rings. The SMILES string of the molecule is CON(C)C(=O)c1cnc(Cl)cc1C(F)(F)F.CON(C)C(=O)c1cnc(Oc2ccc(Cl)cc2)cc1C(F)(F)F.Oc1ccc(Cl)cc1. The molecular formula is C30H25Cl3F6N4O6. The van der Waals surface area contributed by atoms with Gasteiger partial charge >= 0.3 is 12.4 Å². The maximum Gasteiger partial charge on any atom is 0.417 e. The molecule has 2 amide bonds. The van der Waals surface area contributed by atoms with Crippen LogP contribution in [0.3, 0.4) is 0 Å². The number of benzene rings is 2. The van der Waals surface area contributed by atoms with Gasteiger partial charge in [0, 0.05) is 42.6 Å². The first kappa shape index (κ1) is 40.8. The monoisotopic (exact) mass is 756 g/mol. The molecule has 0 fully saturated rings. The number of phenolic OH excluding ortho intramolecular Hbond substituents is 1. The highest BCUT2D eigenvalue weighted by Crippen LogP contribution is 2.35. The van der Waals surface area contributed by atoms with Gasteiger partial charge in [-0.3, -0.25) is 19.3 Å². The Balaban J connectivity index is 0.000000288. The lowest BCUT2D eigenvalue weighted by atomic mass is 10.1. The molecule has 0 saturated heterocycles. The molecule has 1 N–H and O–H groups in total. The lowest BCUT2D eigenvalue weighted by Crippen LogP contribution is -2.28. The van der Waals surface area contributed by atoms with Crippen molar-refractivity contribution in [2.45, 2.75) is 12.4 Å². The number of hydroxylamine groups is 4. The zero-order valence-corrected chi connectivity index (χ0v) is 27.9. The zero-order valence-electron chi connectivity index (χ0n) is 25.6. The van der Waals surface area contributed by atoms with Gasteiger partial charge in [0.1, 0.15) is 16.7 Å². The number of ether oxygens (including phenoxy) is 1. The molecule has 0 saturated carbocycles. The summed E-state index contributed by atoms with van der Waals surface area (Å²) in [6, 6.07) is 13.6. The molecule has 0 aliphatic heterocycles. The second-order valence-corrected chi connectivity index (χ2v) is 10.4. The molecule has 49 heavy (non-hydrogen) atoms. The average molecular weight is 758 g/mol. The minimum atomic E-state index is -4.76. The minimum Gasteiger partial charge on any atom is -0.508 e. The van der Waals surface area contributed by atoms with Crippen LogP contribution in [-0.4, -0.2) is 65.3 Å². The van der Waals surface area contributed by atoms with Crippen molar-refractivity contribution in [1.82, 2.24) is 20.1 Å². The summed E-state index contributed by atoms with van der Waals surface area (Å²) in [7, 11) is 4.71. The molecule has 10 nitrogen and oxygen atoms in total. The summed E-state index contributed by atoms with van der Waals surface area (Å²) in [5, 5.41) is 10.8. The maximum atomic E-state index is 13.2. The minimum absolute atomic E-state index is 0.245. The summed E-state index contributed by atoms with van der Waals surface area (Å²) < 4.78 is 82.9. The van der Waals surface area contributed by atoms with Crippen LogP contribution in [0.5, 0.6) is 17.4 Å². The molecule has 0 atom stereocenters. The van der Waals surface area contributed by atoms with Crippen LogP contribution in [0.1, 0.15) is 31.8 Å². The Kier molecular flexibility index (Phi) is 14.9. The average Bonchev–Trinajstić information content (AvgIpc) is 3.05. The van der Waals surface area contributed by atoms with Crippen molar-refractivity contribution in [3.63, 3.8) is 0 Å². The summed E-state index contributed by atoms with van der Waals surface area (Å²) in [6.45, 7) is 0. The highest BCUT2D eigenvalue weighted by atomic mass is 35.5. The molecule has 2 heterocycles. The van der Waals surface area contributed by atoms with Crippen molar-refractivity contribution >= 4 is 46.6 Å². The molecule has 0 bridgehead atoms. The van der Waals surface area contributed by atoms with E-state index in [4.69, 9.17) is 44.6 Å². The van der Waals surface area contributed by atoms with Crippen molar-refractivity contribution in [3.8, 4) is 17.4 Å². The third kappa shape index (κ3) is 12.6. The van der Waals surface area contributed by atoms with Gasteiger partial charge in [-0.05, 0) is 54.6 Å². The molecule has 0 radical (unpaired) electrons. The first-order valence-electron chi connectivity index (χ1n) is 13.1. The number of hydrogen-bond donors (Lipinski definition) is 1. The van der Waals surface area contributed by atoms with E-state index < -0.39 is 46.4 Å². The fourth-order valence-electron chi connectivity index (χ4n) is 3.30. The molecule has 19 heteroatoms. The summed E-state index contributed by atoms with van der Waals surface area (Å²) >= 11 is 16.6. The van der Waals surface area contributed by atoms with Gasteiger partial charge in [0.15, 0.2) is 0 Å². The van der Waals surface area contributed by atoms with Crippen LogP contribution in [0.4, 0.5) is 26.3 Å². The predicted octanol–water partition coefficient (Wildman–Crippen LogP) is 8.61. The number of aromatic nitrogens is 2. The first-order chi connectivity index (χ1) is 22.8. The van der Waals surface area contributed by atoms with Crippen LogP contribution < -0.4 is 4.74 Å². The highest BCUT2D eigenvalue weighted by molar-refractivity contribution is 6.31. The van der Waals surface area contributed by atoms with E-state index in [0.29, 0.717) is 32.3 Å². The number of rotatable bonds is 6. The van der Waals surface area contributed by atoms with E-state index in [1.54, 1.807) is 24.3 Å². The van der Waals surface area contributed by atoms with Crippen LogP contribution in [-0.2, 0) is 22.0 Å². The molecule has 0 spiro atoms. The van der Waals surface area contributed by atoms with Gasteiger partial charge in [0.25, 0.3) is 11.8 Å². The molecule has 0 unspecified atom stereocenters. The lowest BCUT2D eigenvalue weighted by Gasteiger charge is -2.18. The third-order valence-electron chi connectivity index (χ3n) is 5.80.